The molecule has 0 aliphatic rings. The molecule has 0 aliphatic heterocycles. The lowest BCUT2D eigenvalue weighted by molar-refractivity contribution is 0.0953. The highest BCUT2D eigenvalue weighted by Gasteiger charge is 2.16. The minimum absolute atomic E-state index is 0.0386. The van der Waals surface area contributed by atoms with E-state index in [1.54, 1.807) is 17.6 Å². The predicted molar refractivity (Wildman–Crippen MR) is 120 cm³/mol. The van der Waals surface area contributed by atoms with Gasteiger partial charge in [-0.15, -0.1) is 11.3 Å². The normalized spacial score (nSPS) is 11.0. The van der Waals surface area contributed by atoms with Crippen LogP contribution in [-0.2, 0) is 13.0 Å². The summed E-state index contributed by atoms with van der Waals surface area (Å²) in [6.45, 7) is 7.22. The van der Waals surface area contributed by atoms with Crippen molar-refractivity contribution in [2.75, 3.05) is 6.54 Å². The van der Waals surface area contributed by atoms with E-state index in [4.69, 9.17) is 4.42 Å². The van der Waals surface area contributed by atoms with Crippen LogP contribution in [0.5, 0.6) is 0 Å². The summed E-state index contributed by atoms with van der Waals surface area (Å²) < 4.78 is 7.55. The summed E-state index contributed by atoms with van der Waals surface area (Å²) in [5.41, 5.74) is 6.03. The molecular formula is C24H25N3O2S. The molecule has 0 aliphatic carbocycles. The molecule has 1 aromatic carbocycles. The molecule has 0 saturated heterocycles. The molecule has 0 fully saturated rings. The van der Waals surface area contributed by atoms with Gasteiger partial charge in [0.25, 0.3) is 5.91 Å². The van der Waals surface area contributed by atoms with Gasteiger partial charge in [0.15, 0.2) is 0 Å². The van der Waals surface area contributed by atoms with Gasteiger partial charge < -0.3 is 14.3 Å². The van der Waals surface area contributed by atoms with Crippen LogP contribution in [0.25, 0.3) is 11.3 Å². The number of aryl methyl sites for hydroxylation is 2. The number of benzene rings is 1. The van der Waals surface area contributed by atoms with Crippen molar-refractivity contribution in [3.05, 3.63) is 87.4 Å². The summed E-state index contributed by atoms with van der Waals surface area (Å²) in [5.74, 6) is 0.836. The zero-order valence-corrected chi connectivity index (χ0v) is 18.3. The summed E-state index contributed by atoms with van der Waals surface area (Å²) in [6.07, 6.45) is 2.45. The number of nitrogens with zero attached hydrogens (tertiary/aromatic N) is 2. The van der Waals surface area contributed by atoms with Crippen LogP contribution >= 0.6 is 11.3 Å². The van der Waals surface area contributed by atoms with Crippen LogP contribution in [0.3, 0.4) is 0 Å². The minimum Gasteiger partial charge on any atom is -0.467 e. The maximum atomic E-state index is 12.7. The Kier molecular flexibility index (Phi) is 5.86. The molecule has 6 heteroatoms. The van der Waals surface area contributed by atoms with Crippen LogP contribution in [0.15, 0.2) is 58.5 Å². The second-order valence-corrected chi connectivity index (χ2v) is 8.47. The van der Waals surface area contributed by atoms with Gasteiger partial charge in [0.2, 0.25) is 0 Å². The van der Waals surface area contributed by atoms with Crippen molar-refractivity contribution in [1.29, 1.82) is 0 Å². The highest BCUT2D eigenvalue weighted by Crippen LogP contribution is 2.22. The number of thiazole rings is 1. The summed E-state index contributed by atoms with van der Waals surface area (Å²) in [5, 5.41) is 6.20. The smallest absolute Gasteiger partial charge is 0.253 e. The molecule has 0 bridgehead atoms. The van der Waals surface area contributed by atoms with E-state index >= 15 is 0 Å². The Morgan fingerprint density at radius 1 is 1.17 bits per heavy atom. The number of nitrogens with one attached hydrogen (secondary N) is 1. The number of rotatable bonds is 7. The number of furan rings is 1. The van der Waals surface area contributed by atoms with Crippen LogP contribution in [0, 0.1) is 20.8 Å². The van der Waals surface area contributed by atoms with E-state index in [1.165, 1.54) is 5.56 Å². The molecule has 4 aromatic rings. The summed E-state index contributed by atoms with van der Waals surface area (Å²) in [4.78, 5) is 17.2. The standard InChI is InChI=1S/C24H25N3O2S/c1-16-13-22(17(2)27(16)14-21-5-4-12-29-21)24(28)25-11-10-19-6-8-20(9-7-19)23-15-30-18(3)26-23/h4-9,12-13,15H,10-11,14H2,1-3H3,(H,25,28). The fourth-order valence-electron chi connectivity index (χ4n) is 3.59. The van der Waals surface area contributed by atoms with Gasteiger partial charge in [-0.3, -0.25) is 4.79 Å². The van der Waals surface area contributed by atoms with Gasteiger partial charge in [-0.2, -0.15) is 0 Å². The second-order valence-electron chi connectivity index (χ2n) is 7.40. The van der Waals surface area contributed by atoms with E-state index < -0.39 is 0 Å². The minimum atomic E-state index is -0.0386. The molecule has 0 spiro atoms. The van der Waals surface area contributed by atoms with Gasteiger partial charge in [-0.05, 0) is 51.0 Å². The fourth-order valence-corrected chi connectivity index (χ4v) is 4.21. The van der Waals surface area contributed by atoms with Crippen molar-refractivity contribution in [3.8, 4) is 11.3 Å². The lowest BCUT2D eigenvalue weighted by Gasteiger charge is -2.09. The molecule has 1 N–H and O–H groups in total. The number of aromatic nitrogens is 2. The second kappa shape index (κ2) is 8.71. The first-order valence-electron chi connectivity index (χ1n) is 10.00. The molecule has 5 nitrogen and oxygen atoms in total. The first-order chi connectivity index (χ1) is 14.5. The maximum Gasteiger partial charge on any atom is 0.253 e. The Balaban J connectivity index is 1.35. The molecule has 3 heterocycles. The van der Waals surface area contributed by atoms with Crippen LogP contribution in [0.1, 0.15) is 38.1 Å². The highest BCUT2D eigenvalue weighted by atomic mass is 32.1. The lowest BCUT2D eigenvalue weighted by Crippen LogP contribution is -2.26. The van der Waals surface area contributed by atoms with Crippen LogP contribution in [0.2, 0.25) is 0 Å². The Bertz CT molecular complexity index is 1140. The molecule has 30 heavy (non-hydrogen) atoms. The van der Waals surface area contributed by atoms with Gasteiger partial charge in [-0.25, -0.2) is 4.98 Å². The van der Waals surface area contributed by atoms with E-state index in [9.17, 15) is 4.79 Å². The van der Waals surface area contributed by atoms with Gasteiger partial charge in [0, 0.05) is 28.9 Å². The average Bonchev–Trinajstić information content (AvgIpc) is 3.47. The van der Waals surface area contributed by atoms with Crippen molar-refractivity contribution in [3.63, 3.8) is 0 Å². The van der Waals surface area contributed by atoms with E-state index in [1.807, 2.05) is 39.0 Å². The van der Waals surface area contributed by atoms with Gasteiger partial charge in [0.05, 0.1) is 29.1 Å². The number of hydrogen-bond acceptors (Lipinski definition) is 4. The highest BCUT2D eigenvalue weighted by molar-refractivity contribution is 7.09. The van der Waals surface area contributed by atoms with Crippen molar-refractivity contribution in [2.24, 2.45) is 0 Å². The maximum absolute atomic E-state index is 12.7. The van der Waals surface area contributed by atoms with Crippen LogP contribution in [0.4, 0.5) is 0 Å². The average molecular weight is 420 g/mol. The van der Waals surface area contributed by atoms with Crippen molar-refractivity contribution >= 4 is 17.2 Å². The Labute approximate surface area is 180 Å². The Hall–Kier alpha value is -3.12. The third-order valence-electron chi connectivity index (χ3n) is 5.28. The van der Waals surface area contributed by atoms with Gasteiger partial charge >= 0.3 is 0 Å². The number of carbonyl (C=O) groups excluding carboxylic acids is 1. The van der Waals surface area contributed by atoms with E-state index in [2.05, 4.69) is 44.5 Å². The van der Waals surface area contributed by atoms with E-state index in [0.717, 1.165) is 39.8 Å². The van der Waals surface area contributed by atoms with Gasteiger partial charge in [-0.1, -0.05) is 24.3 Å². The topological polar surface area (TPSA) is 60.1 Å². The van der Waals surface area contributed by atoms with E-state index in [0.29, 0.717) is 18.7 Å². The molecule has 3 aromatic heterocycles. The lowest BCUT2D eigenvalue weighted by atomic mass is 10.1. The van der Waals surface area contributed by atoms with Gasteiger partial charge in [0.1, 0.15) is 5.76 Å². The van der Waals surface area contributed by atoms with Crippen molar-refractivity contribution in [1.82, 2.24) is 14.9 Å². The molecular weight excluding hydrogens is 394 g/mol. The number of amides is 1. The third-order valence-corrected chi connectivity index (χ3v) is 6.05. The number of carbonyl (C=O) groups is 1. The zero-order valence-electron chi connectivity index (χ0n) is 17.4. The SMILES string of the molecule is Cc1nc(-c2ccc(CCNC(=O)c3cc(C)n(Cc4ccco4)c3C)cc2)cs1. The third kappa shape index (κ3) is 4.39. The van der Waals surface area contributed by atoms with Crippen molar-refractivity contribution in [2.45, 2.75) is 33.7 Å². The first kappa shape index (κ1) is 20.2. The molecule has 0 saturated carbocycles. The fraction of sp³-hybridized carbons (Fsp3) is 0.250. The molecule has 4 rings (SSSR count). The first-order valence-corrected chi connectivity index (χ1v) is 10.9. The van der Waals surface area contributed by atoms with Crippen LogP contribution < -0.4 is 5.32 Å². The Morgan fingerprint density at radius 3 is 2.63 bits per heavy atom. The largest absolute Gasteiger partial charge is 0.467 e. The molecule has 0 radical (unpaired) electrons. The monoisotopic (exact) mass is 419 g/mol. The molecule has 1 amide bonds. The summed E-state index contributed by atoms with van der Waals surface area (Å²) in [6, 6.07) is 14.2. The Morgan fingerprint density at radius 2 is 1.97 bits per heavy atom. The molecule has 0 unspecified atom stereocenters. The summed E-state index contributed by atoms with van der Waals surface area (Å²) >= 11 is 1.66. The van der Waals surface area contributed by atoms with E-state index in [-0.39, 0.29) is 5.91 Å². The molecule has 154 valence electrons. The molecule has 0 atom stereocenters. The summed E-state index contributed by atoms with van der Waals surface area (Å²) in [7, 11) is 0. The van der Waals surface area contributed by atoms with Crippen molar-refractivity contribution < 1.29 is 9.21 Å². The quantitative estimate of drug-likeness (QED) is 0.451. The zero-order chi connectivity index (χ0) is 21.1. The number of hydrogen-bond donors (Lipinski definition) is 1. The van der Waals surface area contributed by atoms with Crippen LogP contribution in [-0.4, -0.2) is 22.0 Å². The predicted octanol–water partition coefficient (Wildman–Crippen LogP) is 5.15.